The fourth-order valence-electron chi connectivity index (χ4n) is 2.76. The molecule has 0 fully saturated rings. The molecule has 18 heavy (non-hydrogen) atoms. The molecule has 1 aromatic carbocycles. The first-order chi connectivity index (χ1) is 8.65. The van der Waals surface area contributed by atoms with Gasteiger partial charge in [-0.05, 0) is 62.8 Å². The van der Waals surface area contributed by atoms with Gasteiger partial charge < -0.3 is 0 Å². The third kappa shape index (κ3) is 1.95. The minimum absolute atomic E-state index is 0.801. The summed E-state index contributed by atoms with van der Waals surface area (Å²) in [5, 5.41) is 5.49. The summed E-state index contributed by atoms with van der Waals surface area (Å²) >= 11 is 6.48. The van der Waals surface area contributed by atoms with Gasteiger partial charge in [0.15, 0.2) is 0 Å². The molecule has 1 aliphatic rings. The molecule has 94 valence electrons. The molecule has 1 aromatic heterocycles. The van der Waals surface area contributed by atoms with E-state index < -0.39 is 0 Å². The van der Waals surface area contributed by atoms with Crippen LogP contribution in [-0.2, 0) is 12.8 Å². The van der Waals surface area contributed by atoms with Gasteiger partial charge in [0.05, 0.1) is 11.4 Å². The highest BCUT2D eigenvalue weighted by Crippen LogP contribution is 2.30. The average molecular weight is 261 g/mol. The van der Waals surface area contributed by atoms with Gasteiger partial charge in [-0.1, -0.05) is 17.7 Å². The lowest BCUT2D eigenvalue weighted by molar-refractivity contribution is 0.671. The van der Waals surface area contributed by atoms with E-state index in [0.29, 0.717) is 0 Å². The van der Waals surface area contributed by atoms with E-state index in [1.807, 2.05) is 4.68 Å². The van der Waals surface area contributed by atoms with Gasteiger partial charge in [-0.25, -0.2) is 4.68 Å². The third-order valence-corrected chi connectivity index (χ3v) is 3.93. The number of aryl methyl sites for hydroxylation is 3. The van der Waals surface area contributed by atoms with E-state index >= 15 is 0 Å². The van der Waals surface area contributed by atoms with Gasteiger partial charge >= 0.3 is 0 Å². The maximum absolute atomic E-state index is 6.48. The molecule has 3 rings (SSSR count). The second kappa shape index (κ2) is 4.43. The van der Waals surface area contributed by atoms with Gasteiger partial charge in [0, 0.05) is 5.56 Å². The van der Waals surface area contributed by atoms with Crippen LogP contribution in [0, 0.1) is 13.8 Å². The summed E-state index contributed by atoms with van der Waals surface area (Å²) in [6.45, 7) is 4.21. The number of aromatic nitrogens is 2. The van der Waals surface area contributed by atoms with E-state index in [1.54, 1.807) is 0 Å². The Hall–Kier alpha value is -1.28. The van der Waals surface area contributed by atoms with Crippen molar-refractivity contribution in [2.75, 3.05) is 0 Å². The maximum Gasteiger partial charge on any atom is 0.136 e. The van der Waals surface area contributed by atoms with E-state index in [2.05, 4.69) is 37.1 Å². The highest BCUT2D eigenvalue weighted by Gasteiger charge is 2.20. The Morgan fingerprint density at radius 2 is 1.72 bits per heavy atom. The molecule has 0 bridgehead atoms. The van der Waals surface area contributed by atoms with Gasteiger partial charge in [0.1, 0.15) is 5.15 Å². The van der Waals surface area contributed by atoms with Crippen molar-refractivity contribution in [2.45, 2.75) is 39.5 Å². The third-order valence-electron chi connectivity index (χ3n) is 3.55. The van der Waals surface area contributed by atoms with Gasteiger partial charge in [-0.15, -0.1) is 0 Å². The highest BCUT2D eigenvalue weighted by molar-refractivity contribution is 6.30. The number of nitrogens with zero attached hydrogens (tertiary/aromatic N) is 2. The Labute approximate surface area is 113 Å². The Kier molecular flexibility index (Phi) is 2.90. The van der Waals surface area contributed by atoms with Crippen molar-refractivity contribution in [2.24, 2.45) is 0 Å². The van der Waals surface area contributed by atoms with E-state index in [-0.39, 0.29) is 0 Å². The summed E-state index contributed by atoms with van der Waals surface area (Å²) in [5.41, 5.74) is 6.00. The van der Waals surface area contributed by atoms with Crippen molar-refractivity contribution in [1.82, 2.24) is 9.78 Å². The number of rotatable bonds is 1. The van der Waals surface area contributed by atoms with Crippen LogP contribution in [0.5, 0.6) is 0 Å². The van der Waals surface area contributed by atoms with Crippen LogP contribution in [0.3, 0.4) is 0 Å². The number of halogens is 1. The van der Waals surface area contributed by atoms with Crippen LogP contribution >= 0.6 is 11.6 Å². The van der Waals surface area contributed by atoms with Crippen LogP contribution < -0.4 is 0 Å². The van der Waals surface area contributed by atoms with Crippen LogP contribution in [0.15, 0.2) is 18.2 Å². The summed E-state index contributed by atoms with van der Waals surface area (Å²) in [4.78, 5) is 0. The first-order valence-corrected chi connectivity index (χ1v) is 6.88. The average Bonchev–Trinajstić information content (AvgIpc) is 2.66. The van der Waals surface area contributed by atoms with Crippen LogP contribution in [0.25, 0.3) is 5.69 Å². The molecule has 0 N–H and O–H groups in total. The van der Waals surface area contributed by atoms with E-state index in [4.69, 9.17) is 11.6 Å². The van der Waals surface area contributed by atoms with Crippen LogP contribution in [0.4, 0.5) is 0 Å². The molecular formula is C15H17ClN2. The minimum atomic E-state index is 0.801. The molecule has 1 aliphatic carbocycles. The summed E-state index contributed by atoms with van der Waals surface area (Å²) in [6, 6.07) is 6.44. The zero-order valence-electron chi connectivity index (χ0n) is 10.8. The molecule has 1 heterocycles. The van der Waals surface area contributed by atoms with Crippen molar-refractivity contribution >= 4 is 11.6 Å². The van der Waals surface area contributed by atoms with Gasteiger partial charge in [-0.3, -0.25) is 0 Å². The first-order valence-electron chi connectivity index (χ1n) is 6.50. The second-order valence-corrected chi connectivity index (χ2v) is 5.54. The van der Waals surface area contributed by atoms with Crippen molar-refractivity contribution in [1.29, 1.82) is 0 Å². The second-order valence-electron chi connectivity index (χ2n) is 5.18. The lowest BCUT2D eigenvalue weighted by Gasteiger charge is -2.08. The van der Waals surface area contributed by atoms with Gasteiger partial charge in [0.25, 0.3) is 0 Å². The first kappa shape index (κ1) is 11.8. The minimum Gasteiger partial charge on any atom is -0.222 e. The molecule has 0 saturated carbocycles. The number of fused-ring (bicyclic) bond motifs is 1. The molecule has 0 saturated heterocycles. The molecule has 0 spiro atoms. The Balaban J connectivity index is 2.14. The molecule has 2 nitrogen and oxygen atoms in total. The summed E-state index contributed by atoms with van der Waals surface area (Å²) in [7, 11) is 0. The Morgan fingerprint density at radius 1 is 1.06 bits per heavy atom. The zero-order valence-corrected chi connectivity index (χ0v) is 11.6. The fourth-order valence-corrected chi connectivity index (χ4v) is 3.10. The van der Waals surface area contributed by atoms with Crippen LogP contribution in [-0.4, -0.2) is 9.78 Å². The predicted molar refractivity (Wildman–Crippen MR) is 74.7 cm³/mol. The van der Waals surface area contributed by atoms with Crippen LogP contribution in [0.1, 0.15) is 35.2 Å². The van der Waals surface area contributed by atoms with Crippen LogP contribution in [0.2, 0.25) is 5.15 Å². The smallest absolute Gasteiger partial charge is 0.136 e. The fraction of sp³-hybridized carbons (Fsp3) is 0.400. The topological polar surface area (TPSA) is 17.8 Å². The molecule has 3 heteroatoms. The van der Waals surface area contributed by atoms with E-state index in [9.17, 15) is 0 Å². The normalized spacial score (nSPS) is 14.6. The number of hydrogen-bond donors (Lipinski definition) is 0. The molecule has 0 atom stereocenters. The molecular weight excluding hydrogens is 244 g/mol. The Bertz CT molecular complexity index is 579. The van der Waals surface area contributed by atoms with Crippen molar-refractivity contribution in [3.8, 4) is 5.69 Å². The van der Waals surface area contributed by atoms with E-state index in [0.717, 1.165) is 23.7 Å². The predicted octanol–water partition coefficient (Wildman–Crippen LogP) is 4.02. The number of benzene rings is 1. The quantitative estimate of drug-likeness (QED) is 0.757. The summed E-state index contributed by atoms with van der Waals surface area (Å²) in [6.07, 6.45) is 4.59. The van der Waals surface area contributed by atoms with E-state index in [1.165, 1.54) is 35.2 Å². The SMILES string of the molecule is Cc1cc(C)cc(-n2nc3c(c2Cl)CCCC3)c1. The molecule has 0 radical (unpaired) electrons. The summed E-state index contributed by atoms with van der Waals surface area (Å²) in [5.74, 6) is 0. The number of hydrogen-bond acceptors (Lipinski definition) is 1. The molecule has 0 aliphatic heterocycles. The summed E-state index contributed by atoms with van der Waals surface area (Å²) < 4.78 is 1.90. The molecule has 2 aromatic rings. The van der Waals surface area contributed by atoms with Crippen molar-refractivity contribution < 1.29 is 0 Å². The molecule has 0 unspecified atom stereocenters. The van der Waals surface area contributed by atoms with Gasteiger partial charge in [0.2, 0.25) is 0 Å². The maximum atomic E-state index is 6.48. The van der Waals surface area contributed by atoms with Crippen molar-refractivity contribution in [3.63, 3.8) is 0 Å². The highest BCUT2D eigenvalue weighted by atomic mass is 35.5. The monoisotopic (exact) mass is 260 g/mol. The van der Waals surface area contributed by atoms with Gasteiger partial charge in [-0.2, -0.15) is 5.10 Å². The standard InChI is InChI=1S/C15H17ClN2/c1-10-7-11(2)9-12(8-10)18-15(16)13-5-3-4-6-14(13)17-18/h7-9H,3-6H2,1-2H3. The van der Waals surface area contributed by atoms with Crippen molar-refractivity contribution in [3.05, 3.63) is 45.7 Å². The Morgan fingerprint density at radius 3 is 2.39 bits per heavy atom. The largest absolute Gasteiger partial charge is 0.222 e. The lowest BCUT2D eigenvalue weighted by atomic mass is 9.98. The zero-order chi connectivity index (χ0) is 12.7. The lowest BCUT2D eigenvalue weighted by Crippen LogP contribution is -2.00. The molecule has 0 amide bonds.